The van der Waals surface area contributed by atoms with Gasteiger partial charge in [-0.25, -0.2) is 13.1 Å². The van der Waals surface area contributed by atoms with E-state index >= 15 is 0 Å². The first-order valence-corrected chi connectivity index (χ1v) is 15.1. The number of sulfonamides is 1. The van der Waals surface area contributed by atoms with Gasteiger partial charge in [-0.3, -0.25) is 4.79 Å². The Labute approximate surface area is 240 Å². The number of carboxylic acids is 1. The van der Waals surface area contributed by atoms with Crippen LogP contribution in [0.3, 0.4) is 0 Å². The summed E-state index contributed by atoms with van der Waals surface area (Å²) in [5, 5.41) is 18.2. The summed E-state index contributed by atoms with van der Waals surface area (Å²) in [4.78, 5) is 12.0. The van der Waals surface area contributed by atoms with Gasteiger partial charge in [0, 0.05) is 12.7 Å². The van der Waals surface area contributed by atoms with E-state index in [4.69, 9.17) is 4.74 Å². The molecule has 0 amide bonds. The van der Waals surface area contributed by atoms with E-state index in [1.807, 2.05) is 68.6 Å². The van der Waals surface area contributed by atoms with E-state index in [1.165, 1.54) is 4.31 Å². The summed E-state index contributed by atoms with van der Waals surface area (Å²) in [6.07, 6.45) is 2.67. The lowest BCUT2D eigenvalue weighted by Crippen LogP contribution is -2.35. The van der Waals surface area contributed by atoms with E-state index in [0.717, 1.165) is 27.9 Å². The molecule has 2 atom stereocenters. The van der Waals surface area contributed by atoms with Gasteiger partial charge < -0.3 is 9.84 Å². The van der Waals surface area contributed by atoms with Crippen LogP contribution in [0.4, 0.5) is 0 Å². The van der Waals surface area contributed by atoms with Gasteiger partial charge in [-0.1, -0.05) is 65.9 Å². The van der Waals surface area contributed by atoms with Gasteiger partial charge in [0.15, 0.2) is 0 Å². The normalized spacial score (nSPS) is 17.3. The van der Waals surface area contributed by atoms with Crippen LogP contribution in [0, 0.1) is 6.92 Å². The average molecular weight is 575 g/mol. The van der Waals surface area contributed by atoms with E-state index in [2.05, 4.69) is 10.3 Å². The second-order valence-electron chi connectivity index (χ2n) is 10.6. The van der Waals surface area contributed by atoms with Crippen molar-refractivity contribution in [1.29, 1.82) is 0 Å². The fraction of sp³-hybridized carbons (Fsp3) is 0.323. The van der Waals surface area contributed by atoms with Crippen molar-refractivity contribution < 1.29 is 23.1 Å². The Balaban J connectivity index is 1.34. The molecule has 0 bridgehead atoms. The van der Waals surface area contributed by atoms with Crippen molar-refractivity contribution >= 4 is 16.0 Å². The molecule has 214 valence electrons. The Hall–Kier alpha value is -4.02. The van der Waals surface area contributed by atoms with E-state index in [1.54, 1.807) is 28.9 Å². The SMILES string of the molecule is Cc1ccc(C(CCc2cn(Cc3ccccc3)nn2)CC(=O)O)cc1CN1C[C@@H](C)Oc2ccccc2S1(=O)=O. The number of hydrogen-bond acceptors (Lipinski definition) is 6. The van der Waals surface area contributed by atoms with Crippen molar-refractivity contribution in [3.05, 3.63) is 107 Å². The van der Waals surface area contributed by atoms with Crippen LogP contribution in [0.15, 0.2) is 83.9 Å². The molecule has 0 aliphatic carbocycles. The fourth-order valence-electron chi connectivity index (χ4n) is 5.21. The summed E-state index contributed by atoms with van der Waals surface area (Å²) in [6, 6.07) is 22.5. The molecule has 1 unspecified atom stereocenters. The highest BCUT2D eigenvalue weighted by molar-refractivity contribution is 7.89. The van der Waals surface area contributed by atoms with Gasteiger partial charge in [-0.15, -0.1) is 5.10 Å². The molecule has 41 heavy (non-hydrogen) atoms. The minimum Gasteiger partial charge on any atom is -0.488 e. The van der Waals surface area contributed by atoms with Crippen molar-refractivity contribution in [2.45, 2.75) is 63.1 Å². The number of carbonyl (C=O) groups is 1. The predicted molar refractivity (Wildman–Crippen MR) is 154 cm³/mol. The van der Waals surface area contributed by atoms with Crippen molar-refractivity contribution in [2.75, 3.05) is 6.54 Å². The topological polar surface area (TPSA) is 115 Å². The smallest absolute Gasteiger partial charge is 0.303 e. The number of ether oxygens (including phenoxy) is 1. The van der Waals surface area contributed by atoms with Gasteiger partial charge in [0.2, 0.25) is 10.0 Å². The lowest BCUT2D eigenvalue weighted by atomic mass is 9.88. The van der Waals surface area contributed by atoms with Crippen molar-refractivity contribution in [2.24, 2.45) is 0 Å². The number of para-hydroxylation sites is 1. The third-order valence-electron chi connectivity index (χ3n) is 7.39. The standard InChI is InChI=1S/C31H34N4O5S/c1-22-12-13-25(16-27(22)20-35-18-23(2)40-29-10-6-7-11-30(29)41(35,38)39)26(17-31(36)37)14-15-28-21-34(33-32-28)19-24-8-4-3-5-9-24/h3-13,16,21,23,26H,14-15,17-20H2,1-2H3,(H,36,37)/t23-,26?/m1/s1. The monoisotopic (exact) mass is 574 g/mol. The molecule has 0 saturated carbocycles. The summed E-state index contributed by atoms with van der Waals surface area (Å²) in [5.74, 6) is -0.799. The molecule has 0 fully saturated rings. The van der Waals surface area contributed by atoms with Crippen LogP contribution in [0.1, 0.15) is 53.6 Å². The molecule has 5 rings (SSSR count). The van der Waals surface area contributed by atoms with Crippen LogP contribution in [0.25, 0.3) is 0 Å². The van der Waals surface area contributed by atoms with Gasteiger partial charge in [0.1, 0.15) is 16.7 Å². The molecule has 2 heterocycles. The lowest BCUT2D eigenvalue weighted by Gasteiger charge is -2.23. The van der Waals surface area contributed by atoms with Crippen molar-refractivity contribution in [3.8, 4) is 5.75 Å². The largest absolute Gasteiger partial charge is 0.488 e. The minimum absolute atomic E-state index is 0.0408. The second-order valence-corrected chi connectivity index (χ2v) is 12.5. The minimum atomic E-state index is -3.79. The maximum Gasteiger partial charge on any atom is 0.303 e. The van der Waals surface area contributed by atoms with Crippen LogP contribution in [0.5, 0.6) is 5.75 Å². The number of nitrogens with zero attached hydrogens (tertiary/aromatic N) is 4. The molecule has 0 radical (unpaired) electrons. The van der Waals surface area contributed by atoms with Crippen LogP contribution >= 0.6 is 0 Å². The number of benzene rings is 3. The highest BCUT2D eigenvalue weighted by Gasteiger charge is 2.33. The van der Waals surface area contributed by atoms with E-state index in [9.17, 15) is 18.3 Å². The second kappa shape index (κ2) is 12.2. The van der Waals surface area contributed by atoms with E-state index in [0.29, 0.717) is 25.1 Å². The summed E-state index contributed by atoms with van der Waals surface area (Å²) >= 11 is 0. The summed E-state index contributed by atoms with van der Waals surface area (Å²) < 4.78 is 36.3. The Kier molecular flexibility index (Phi) is 8.51. The van der Waals surface area contributed by atoms with Gasteiger partial charge >= 0.3 is 5.97 Å². The Morgan fingerprint density at radius 2 is 1.83 bits per heavy atom. The first kappa shape index (κ1) is 28.5. The summed E-state index contributed by atoms with van der Waals surface area (Å²) in [6.45, 7) is 4.78. The Bertz CT molecular complexity index is 1620. The number of carboxylic acid groups (broad SMARTS) is 1. The first-order valence-electron chi connectivity index (χ1n) is 13.7. The van der Waals surface area contributed by atoms with Crippen LogP contribution in [0.2, 0.25) is 0 Å². The molecular weight excluding hydrogens is 540 g/mol. The summed E-state index contributed by atoms with van der Waals surface area (Å²) in [7, 11) is -3.79. The molecule has 0 saturated heterocycles. The molecule has 1 aromatic heterocycles. The molecule has 1 aliphatic heterocycles. The number of aryl methyl sites for hydroxylation is 2. The highest BCUT2D eigenvalue weighted by Crippen LogP contribution is 2.33. The van der Waals surface area contributed by atoms with E-state index in [-0.39, 0.29) is 36.4 Å². The quantitative estimate of drug-likeness (QED) is 0.289. The molecule has 1 aliphatic rings. The number of hydrogen-bond donors (Lipinski definition) is 1. The third kappa shape index (κ3) is 6.83. The molecule has 4 aromatic rings. The van der Waals surface area contributed by atoms with Gasteiger partial charge in [0.05, 0.1) is 25.2 Å². The molecule has 3 aromatic carbocycles. The number of aromatic nitrogens is 3. The lowest BCUT2D eigenvalue weighted by molar-refractivity contribution is -0.137. The molecule has 0 spiro atoms. The van der Waals surface area contributed by atoms with Gasteiger partial charge in [-0.05, 0) is 67.0 Å². The average Bonchev–Trinajstić information content (AvgIpc) is 3.36. The third-order valence-corrected chi connectivity index (χ3v) is 9.24. The fourth-order valence-corrected chi connectivity index (χ4v) is 6.83. The molecular formula is C31H34N4O5S. The molecule has 9 nitrogen and oxygen atoms in total. The van der Waals surface area contributed by atoms with Gasteiger partial charge in [-0.2, -0.15) is 4.31 Å². The summed E-state index contributed by atoms with van der Waals surface area (Å²) in [5.41, 5.74) is 4.55. The Morgan fingerprint density at radius 1 is 1.07 bits per heavy atom. The number of fused-ring (bicyclic) bond motifs is 1. The van der Waals surface area contributed by atoms with Crippen LogP contribution < -0.4 is 4.74 Å². The van der Waals surface area contributed by atoms with Crippen molar-refractivity contribution in [3.63, 3.8) is 0 Å². The molecule has 1 N–H and O–H groups in total. The van der Waals surface area contributed by atoms with Gasteiger partial charge in [0.25, 0.3) is 0 Å². The first-order chi connectivity index (χ1) is 19.7. The highest BCUT2D eigenvalue weighted by atomic mass is 32.2. The number of aliphatic carboxylic acids is 1. The van der Waals surface area contributed by atoms with Crippen molar-refractivity contribution in [1.82, 2.24) is 19.3 Å². The Morgan fingerprint density at radius 3 is 2.61 bits per heavy atom. The zero-order chi connectivity index (χ0) is 29.0. The molecule has 10 heteroatoms. The van der Waals surface area contributed by atoms with Crippen LogP contribution in [-0.4, -0.2) is 51.4 Å². The maximum absolute atomic E-state index is 13.6. The maximum atomic E-state index is 13.6. The number of rotatable bonds is 10. The van der Waals surface area contributed by atoms with Crippen LogP contribution in [-0.2, 0) is 34.3 Å². The zero-order valence-electron chi connectivity index (χ0n) is 23.2. The van der Waals surface area contributed by atoms with E-state index < -0.39 is 16.0 Å². The zero-order valence-corrected chi connectivity index (χ0v) is 24.0. The predicted octanol–water partition coefficient (Wildman–Crippen LogP) is 4.80.